The first-order valence-corrected chi connectivity index (χ1v) is 10.5. The number of hydrogen-bond acceptors (Lipinski definition) is 7. The van der Waals surface area contributed by atoms with E-state index < -0.39 is 0 Å². The largest absolute Gasteiger partial charge is 0.493 e. The van der Waals surface area contributed by atoms with Gasteiger partial charge in [0.15, 0.2) is 23.0 Å². The molecule has 0 spiro atoms. The summed E-state index contributed by atoms with van der Waals surface area (Å²) in [5, 5.41) is 2.23. The first kappa shape index (κ1) is 18.6. The number of fused-ring (bicyclic) bond motifs is 6. The Kier molecular flexibility index (Phi) is 4.14. The van der Waals surface area contributed by atoms with Crippen LogP contribution in [-0.4, -0.2) is 52.3 Å². The fourth-order valence-electron chi connectivity index (χ4n) is 5.00. The Morgan fingerprint density at radius 3 is 2.42 bits per heavy atom. The molecule has 0 N–H and O–H groups in total. The lowest BCUT2D eigenvalue weighted by atomic mass is 10.0. The van der Waals surface area contributed by atoms with E-state index in [1.807, 2.05) is 13.0 Å². The summed E-state index contributed by atoms with van der Waals surface area (Å²) in [6, 6.07) is 6.18. The molecule has 1 aromatic heterocycles. The first-order valence-electron chi connectivity index (χ1n) is 10.5. The number of morpholine rings is 1. The van der Waals surface area contributed by atoms with Gasteiger partial charge in [-0.3, -0.25) is 4.98 Å². The molecule has 2 aromatic carbocycles. The number of benzene rings is 2. The van der Waals surface area contributed by atoms with Gasteiger partial charge in [0, 0.05) is 36.2 Å². The van der Waals surface area contributed by atoms with Crippen molar-refractivity contribution in [3.8, 4) is 34.3 Å². The van der Waals surface area contributed by atoms with Crippen molar-refractivity contribution in [2.75, 3.05) is 52.2 Å². The van der Waals surface area contributed by atoms with Crippen LogP contribution in [-0.2, 0) is 11.2 Å². The SMILES string of the molecule is COc1cc2c(C)nc3c(c2cc1OC)Cc1c-3cc2c(c1N1CCOCC1)OCO2. The Hall–Kier alpha value is -3.19. The van der Waals surface area contributed by atoms with E-state index in [0.29, 0.717) is 19.0 Å². The van der Waals surface area contributed by atoms with E-state index in [9.17, 15) is 0 Å². The zero-order valence-corrected chi connectivity index (χ0v) is 17.9. The highest BCUT2D eigenvalue weighted by molar-refractivity contribution is 5.99. The van der Waals surface area contributed by atoms with Crippen LogP contribution in [0.4, 0.5) is 5.69 Å². The molecular weight excluding hydrogens is 396 g/mol. The first-order chi connectivity index (χ1) is 15.2. The van der Waals surface area contributed by atoms with Crippen molar-refractivity contribution in [1.29, 1.82) is 0 Å². The Morgan fingerprint density at radius 2 is 1.68 bits per heavy atom. The number of aryl methyl sites for hydroxylation is 1. The predicted molar refractivity (Wildman–Crippen MR) is 117 cm³/mol. The number of methoxy groups -OCH3 is 2. The average Bonchev–Trinajstić information content (AvgIpc) is 3.42. The maximum atomic E-state index is 5.92. The molecule has 3 aromatic rings. The second-order valence-corrected chi connectivity index (χ2v) is 8.04. The highest BCUT2D eigenvalue weighted by atomic mass is 16.7. The van der Waals surface area contributed by atoms with Gasteiger partial charge in [0.2, 0.25) is 6.79 Å². The van der Waals surface area contributed by atoms with E-state index in [2.05, 4.69) is 17.0 Å². The van der Waals surface area contributed by atoms with Crippen LogP contribution in [0.3, 0.4) is 0 Å². The lowest BCUT2D eigenvalue weighted by Gasteiger charge is -2.31. The zero-order valence-electron chi connectivity index (χ0n) is 17.9. The second-order valence-electron chi connectivity index (χ2n) is 8.04. The molecule has 2 aliphatic heterocycles. The van der Waals surface area contributed by atoms with Gasteiger partial charge in [-0.2, -0.15) is 0 Å². The number of rotatable bonds is 3. The Labute approximate surface area is 180 Å². The quantitative estimate of drug-likeness (QED) is 0.501. The molecule has 7 nitrogen and oxygen atoms in total. The summed E-state index contributed by atoms with van der Waals surface area (Å²) < 4.78 is 28.4. The van der Waals surface area contributed by atoms with E-state index in [4.69, 9.17) is 28.7 Å². The zero-order chi connectivity index (χ0) is 21.1. The van der Waals surface area contributed by atoms with Gasteiger partial charge in [0.05, 0.1) is 38.8 Å². The van der Waals surface area contributed by atoms with Gasteiger partial charge in [-0.1, -0.05) is 0 Å². The van der Waals surface area contributed by atoms with Gasteiger partial charge in [0.25, 0.3) is 0 Å². The molecule has 0 amide bonds. The van der Waals surface area contributed by atoms with Crippen LogP contribution in [0.1, 0.15) is 16.8 Å². The van der Waals surface area contributed by atoms with E-state index in [0.717, 1.165) is 70.2 Å². The number of aromatic nitrogens is 1. The number of anilines is 1. The van der Waals surface area contributed by atoms with Crippen molar-refractivity contribution in [2.45, 2.75) is 13.3 Å². The minimum Gasteiger partial charge on any atom is -0.493 e. The maximum absolute atomic E-state index is 5.92. The van der Waals surface area contributed by atoms with Crippen LogP contribution in [0.25, 0.3) is 22.0 Å². The Morgan fingerprint density at radius 1 is 0.935 bits per heavy atom. The molecule has 31 heavy (non-hydrogen) atoms. The fourth-order valence-corrected chi connectivity index (χ4v) is 5.00. The van der Waals surface area contributed by atoms with Crippen LogP contribution in [0, 0.1) is 6.92 Å². The summed E-state index contributed by atoms with van der Waals surface area (Å²) in [6.07, 6.45) is 0.785. The van der Waals surface area contributed by atoms with Gasteiger partial charge in [-0.15, -0.1) is 0 Å². The molecule has 0 radical (unpaired) electrons. The van der Waals surface area contributed by atoms with Crippen LogP contribution in [0.5, 0.6) is 23.0 Å². The third kappa shape index (κ3) is 2.66. The van der Waals surface area contributed by atoms with Crippen LogP contribution >= 0.6 is 0 Å². The number of pyridine rings is 1. The summed E-state index contributed by atoms with van der Waals surface area (Å²) in [5.74, 6) is 3.07. The van der Waals surface area contributed by atoms with Crippen molar-refractivity contribution >= 4 is 16.5 Å². The molecule has 0 atom stereocenters. The van der Waals surface area contributed by atoms with Gasteiger partial charge >= 0.3 is 0 Å². The molecule has 3 aliphatic rings. The highest BCUT2D eigenvalue weighted by Crippen LogP contribution is 2.53. The molecule has 0 unspecified atom stereocenters. The fraction of sp³-hybridized carbons (Fsp3) is 0.375. The van der Waals surface area contributed by atoms with Crippen LogP contribution in [0.15, 0.2) is 18.2 Å². The molecule has 1 saturated heterocycles. The molecule has 1 fully saturated rings. The van der Waals surface area contributed by atoms with Crippen molar-refractivity contribution in [2.24, 2.45) is 0 Å². The smallest absolute Gasteiger partial charge is 0.231 e. The lowest BCUT2D eigenvalue weighted by molar-refractivity contribution is 0.122. The Balaban J connectivity index is 1.60. The summed E-state index contributed by atoms with van der Waals surface area (Å²) in [7, 11) is 3.33. The molecule has 6 rings (SSSR count). The van der Waals surface area contributed by atoms with Crippen LogP contribution < -0.4 is 23.8 Å². The summed E-state index contributed by atoms with van der Waals surface area (Å²) in [6.45, 7) is 5.39. The third-order valence-electron chi connectivity index (χ3n) is 6.48. The molecule has 160 valence electrons. The van der Waals surface area contributed by atoms with Gasteiger partial charge in [-0.05, 0) is 41.6 Å². The molecule has 3 heterocycles. The van der Waals surface area contributed by atoms with E-state index >= 15 is 0 Å². The summed E-state index contributed by atoms with van der Waals surface area (Å²) in [4.78, 5) is 7.39. The van der Waals surface area contributed by atoms with Crippen LogP contribution in [0.2, 0.25) is 0 Å². The van der Waals surface area contributed by atoms with Gasteiger partial charge in [-0.25, -0.2) is 0 Å². The minimum absolute atomic E-state index is 0.254. The standard InChI is InChI=1S/C24H24N2O5/c1-13-14-9-19(27-2)20(28-3)10-15(14)16-8-18-17(22(16)25-13)11-21-24(31-12-30-21)23(18)26-4-6-29-7-5-26/h9-11H,4-8,12H2,1-3H3. The molecule has 0 bridgehead atoms. The van der Waals surface area contributed by atoms with Crippen molar-refractivity contribution in [3.63, 3.8) is 0 Å². The molecular formula is C24H24N2O5. The normalized spacial score (nSPS) is 16.4. The molecule has 1 aliphatic carbocycles. The molecule has 7 heteroatoms. The second kappa shape index (κ2) is 6.92. The summed E-state index contributed by atoms with van der Waals surface area (Å²) >= 11 is 0. The monoisotopic (exact) mass is 420 g/mol. The van der Waals surface area contributed by atoms with E-state index in [1.54, 1.807) is 14.2 Å². The topological polar surface area (TPSA) is 62.3 Å². The van der Waals surface area contributed by atoms with E-state index in [-0.39, 0.29) is 6.79 Å². The van der Waals surface area contributed by atoms with Gasteiger partial charge < -0.3 is 28.6 Å². The third-order valence-corrected chi connectivity index (χ3v) is 6.48. The van der Waals surface area contributed by atoms with Crippen molar-refractivity contribution < 1.29 is 23.7 Å². The maximum Gasteiger partial charge on any atom is 0.231 e. The van der Waals surface area contributed by atoms with Gasteiger partial charge in [0.1, 0.15) is 0 Å². The average molecular weight is 420 g/mol. The molecule has 0 saturated carbocycles. The lowest BCUT2D eigenvalue weighted by Crippen LogP contribution is -2.37. The van der Waals surface area contributed by atoms with Crippen molar-refractivity contribution in [3.05, 3.63) is 35.0 Å². The number of ether oxygens (including phenoxy) is 5. The predicted octanol–water partition coefficient (Wildman–Crippen LogP) is 3.70. The Bertz CT molecular complexity index is 1220. The highest BCUT2D eigenvalue weighted by Gasteiger charge is 2.34. The number of hydrogen-bond donors (Lipinski definition) is 0. The van der Waals surface area contributed by atoms with E-state index in [1.165, 1.54) is 11.1 Å². The van der Waals surface area contributed by atoms with Crippen molar-refractivity contribution in [1.82, 2.24) is 4.98 Å². The minimum atomic E-state index is 0.254. The summed E-state index contributed by atoms with van der Waals surface area (Å²) in [5.41, 5.74) is 6.68. The number of nitrogens with zero attached hydrogens (tertiary/aromatic N) is 2.